The standard InChI is InChI=1S/C18H28F2N4O.HI/c1-5-21-18(23(4)13-17(25)24(6-2)7-3)22-11-10-14-12-15(19)8-9-16(14)20;/h8-9,12H,5-7,10-11,13H2,1-4H3,(H,21,22);1H. The molecule has 0 spiro atoms. The highest BCUT2D eigenvalue weighted by molar-refractivity contribution is 14.0. The Hall–Kier alpha value is -1.45. The van der Waals surface area contributed by atoms with Crippen molar-refractivity contribution in [2.75, 3.05) is 39.8 Å². The van der Waals surface area contributed by atoms with E-state index in [2.05, 4.69) is 10.3 Å². The topological polar surface area (TPSA) is 47.9 Å². The van der Waals surface area contributed by atoms with Crippen LogP contribution < -0.4 is 5.32 Å². The highest BCUT2D eigenvalue weighted by Crippen LogP contribution is 2.10. The Morgan fingerprint density at radius 3 is 2.42 bits per heavy atom. The van der Waals surface area contributed by atoms with Crippen LogP contribution in [0.1, 0.15) is 26.3 Å². The molecule has 0 aliphatic rings. The zero-order valence-electron chi connectivity index (χ0n) is 15.9. The van der Waals surface area contributed by atoms with Crippen LogP contribution in [-0.4, -0.2) is 61.4 Å². The number of amides is 1. The van der Waals surface area contributed by atoms with Gasteiger partial charge in [0.1, 0.15) is 11.6 Å². The van der Waals surface area contributed by atoms with E-state index in [1.807, 2.05) is 20.8 Å². The van der Waals surface area contributed by atoms with Gasteiger partial charge in [-0.05, 0) is 51.0 Å². The number of aliphatic imine (C=N–C) groups is 1. The van der Waals surface area contributed by atoms with Crippen LogP contribution in [0.4, 0.5) is 8.78 Å². The number of halogens is 3. The van der Waals surface area contributed by atoms with Gasteiger partial charge in [0.25, 0.3) is 0 Å². The van der Waals surface area contributed by atoms with Crippen LogP contribution >= 0.6 is 24.0 Å². The zero-order chi connectivity index (χ0) is 18.8. The number of benzene rings is 1. The fraction of sp³-hybridized carbons (Fsp3) is 0.556. The van der Waals surface area contributed by atoms with Crippen LogP contribution in [0, 0.1) is 11.6 Å². The molecule has 1 N–H and O–H groups in total. The summed E-state index contributed by atoms with van der Waals surface area (Å²) in [4.78, 5) is 20.1. The highest BCUT2D eigenvalue weighted by Gasteiger charge is 2.15. The van der Waals surface area contributed by atoms with Crippen molar-refractivity contribution in [3.8, 4) is 0 Å². The van der Waals surface area contributed by atoms with Crippen LogP contribution in [0.15, 0.2) is 23.2 Å². The van der Waals surface area contributed by atoms with E-state index in [0.29, 0.717) is 37.7 Å². The van der Waals surface area contributed by atoms with Gasteiger partial charge in [-0.15, -0.1) is 24.0 Å². The van der Waals surface area contributed by atoms with E-state index in [0.717, 1.165) is 12.1 Å². The SMILES string of the molecule is CCNC(=NCCc1cc(F)ccc1F)N(C)CC(=O)N(CC)CC.I. The number of carbonyl (C=O) groups is 1. The molecular weight excluding hydrogens is 453 g/mol. The number of carbonyl (C=O) groups excluding carboxylic acids is 1. The minimum Gasteiger partial charge on any atom is -0.357 e. The summed E-state index contributed by atoms with van der Waals surface area (Å²) >= 11 is 0. The average molecular weight is 482 g/mol. The van der Waals surface area contributed by atoms with Gasteiger partial charge >= 0.3 is 0 Å². The van der Waals surface area contributed by atoms with Gasteiger partial charge in [-0.1, -0.05) is 0 Å². The van der Waals surface area contributed by atoms with Crippen molar-refractivity contribution in [2.45, 2.75) is 27.2 Å². The van der Waals surface area contributed by atoms with Gasteiger partial charge in [0.2, 0.25) is 5.91 Å². The van der Waals surface area contributed by atoms with Crippen LogP contribution in [0.5, 0.6) is 0 Å². The molecule has 0 fully saturated rings. The Kier molecular flexibility index (Phi) is 12.1. The molecule has 0 heterocycles. The van der Waals surface area contributed by atoms with E-state index in [-0.39, 0.29) is 42.8 Å². The number of guanidine groups is 1. The normalized spacial score (nSPS) is 10.9. The molecule has 5 nitrogen and oxygen atoms in total. The molecule has 0 aliphatic heterocycles. The molecule has 0 radical (unpaired) electrons. The molecule has 8 heteroatoms. The highest BCUT2D eigenvalue weighted by atomic mass is 127. The molecule has 1 aromatic carbocycles. The molecule has 1 amide bonds. The Morgan fingerprint density at radius 2 is 1.85 bits per heavy atom. The van der Waals surface area contributed by atoms with E-state index in [1.165, 1.54) is 6.07 Å². The van der Waals surface area contributed by atoms with E-state index in [4.69, 9.17) is 0 Å². The Labute approximate surface area is 171 Å². The monoisotopic (exact) mass is 482 g/mol. The molecule has 148 valence electrons. The predicted octanol–water partition coefficient (Wildman–Crippen LogP) is 2.89. The summed E-state index contributed by atoms with van der Waals surface area (Å²) in [5.74, 6) is -0.310. The second-order valence-electron chi connectivity index (χ2n) is 5.64. The quantitative estimate of drug-likeness (QED) is 0.352. The lowest BCUT2D eigenvalue weighted by Gasteiger charge is -2.25. The summed E-state index contributed by atoms with van der Waals surface area (Å²) in [5, 5.41) is 3.11. The van der Waals surface area contributed by atoms with E-state index in [9.17, 15) is 13.6 Å². The fourth-order valence-corrected chi connectivity index (χ4v) is 2.44. The second-order valence-corrected chi connectivity index (χ2v) is 5.64. The van der Waals surface area contributed by atoms with Gasteiger partial charge in [0.05, 0.1) is 6.54 Å². The van der Waals surface area contributed by atoms with Gasteiger partial charge < -0.3 is 15.1 Å². The fourth-order valence-electron chi connectivity index (χ4n) is 2.44. The second kappa shape index (κ2) is 12.8. The van der Waals surface area contributed by atoms with Gasteiger partial charge in [-0.25, -0.2) is 8.78 Å². The van der Waals surface area contributed by atoms with Crippen LogP contribution in [0.25, 0.3) is 0 Å². The molecule has 0 atom stereocenters. The summed E-state index contributed by atoms with van der Waals surface area (Å²) < 4.78 is 26.9. The van der Waals surface area contributed by atoms with Crippen molar-refractivity contribution in [3.05, 3.63) is 35.4 Å². The molecule has 0 unspecified atom stereocenters. The lowest BCUT2D eigenvalue weighted by molar-refractivity contribution is -0.131. The molecule has 0 saturated carbocycles. The molecule has 0 aromatic heterocycles. The Bertz CT molecular complexity index is 595. The van der Waals surface area contributed by atoms with E-state index >= 15 is 0 Å². The number of hydrogen-bond donors (Lipinski definition) is 1. The largest absolute Gasteiger partial charge is 0.357 e. The number of rotatable bonds is 8. The van der Waals surface area contributed by atoms with E-state index in [1.54, 1.807) is 16.8 Å². The van der Waals surface area contributed by atoms with Crippen LogP contribution in [-0.2, 0) is 11.2 Å². The first kappa shape index (κ1) is 24.6. The Balaban J connectivity index is 0.00000625. The zero-order valence-corrected chi connectivity index (χ0v) is 18.2. The van der Waals surface area contributed by atoms with Crippen molar-refractivity contribution >= 4 is 35.8 Å². The summed E-state index contributed by atoms with van der Waals surface area (Å²) in [5.41, 5.74) is 0.293. The third-order valence-corrected chi connectivity index (χ3v) is 3.84. The third-order valence-electron chi connectivity index (χ3n) is 3.84. The molecule has 26 heavy (non-hydrogen) atoms. The third kappa shape index (κ3) is 7.84. The van der Waals surface area contributed by atoms with Crippen molar-refractivity contribution in [2.24, 2.45) is 4.99 Å². The maximum atomic E-state index is 13.6. The van der Waals surface area contributed by atoms with E-state index < -0.39 is 11.6 Å². The summed E-state index contributed by atoms with van der Waals surface area (Å²) in [6, 6.07) is 3.40. The van der Waals surface area contributed by atoms with Gasteiger partial charge in [-0.3, -0.25) is 9.79 Å². The average Bonchev–Trinajstić information content (AvgIpc) is 2.58. The smallest absolute Gasteiger partial charge is 0.242 e. The van der Waals surface area contributed by atoms with Gasteiger partial charge in [0.15, 0.2) is 5.96 Å². The maximum Gasteiger partial charge on any atom is 0.242 e. The predicted molar refractivity (Wildman–Crippen MR) is 112 cm³/mol. The lowest BCUT2D eigenvalue weighted by atomic mass is 10.1. The van der Waals surface area contributed by atoms with Crippen LogP contribution in [0.2, 0.25) is 0 Å². The first-order chi connectivity index (χ1) is 11.9. The Morgan fingerprint density at radius 1 is 1.19 bits per heavy atom. The number of likely N-dealkylation sites (N-methyl/N-ethyl adjacent to an activating group) is 2. The number of hydrogen-bond acceptors (Lipinski definition) is 2. The minimum absolute atomic E-state index is 0. The summed E-state index contributed by atoms with van der Waals surface area (Å²) in [7, 11) is 1.78. The van der Waals surface area contributed by atoms with Gasteiger partial charge in [0, 0.05) is 33.2 Å². The van der Waals surface area contributed by atoms with Gasteiger partial charge in [-0.2, -0.15) is 0 Å². The lowest BCUT2D eigenvalue weighted by Crippen LogP contribution is -2.45. The first-order valence-electron chi connectivity index (χ1n) is 8.64. The van der Waals surface area contributed by atoms with Crippen molar-refractivity contribution < 1.29 is 13.6 Å². The van der Waals surface area contributed by atoms with Crippen molar-refractivity contribution in [1.29, 1.82) is 0 Å². The molecule has 0 bridgehead atoms. The molecular formula is C18H29F2IN4O. The number of nitrogens with one attached hydrogen (secondary N) is 1. The summed E-state index contributed by atoms with van der Waals surface area (Å²) in [6.45, 7) is 8.29. The van der Waals surface area contributed by atoms with Crippen molar-refractivity contribution in [1.82, 2.24) is 15.1 Å². The molecule has 0 saturated heterocycles. The molecule has 0 aliphatic carbocycles. The van der Waals surface area contributed by atoms with Crippen LogP contribution in [0.3, 0.4) is 0 Å². The molecule has 1 aromatic rings. The molecule has 1 rings (SSSR count). The maximum absolute atomic E-state index is 13.6. The van der Waals surface area contributed by atoms with Crippen molar-refractivity contribution in [3.63, 3.8) is 0 Å². The minimum atomic E-state index is -0.464. The number of nitrogens with zero attached hydrogens (tertiary/aromatic N) is 3. The first-order valence-corrected chi connectivity index (χ1v) is 8.64. The summed E-state index contributed by atoms with van der Waals surface area (Å²) in [6.07, 6.45) is 0.288.